The first-order valence-corrected chi connectivity index (χ1v) is 10.4. The van der Waals surface area contributed by atoms with Crippen molar-refractivity contribution in [2.75, 3.05) is 0 Å². The van der Waals surface area contributed by atoms with Crippen LogP contribution in [0.25, 0.3) is 0 Å². The molecule has 0 atom stereocenters. The van der Waals surface area contributed by atoms with Gasteiger partial charge in [0.2, 0.25) is 5.91 Å². The van der Waals surface area contributed by atoms with E-state index in [0.717, 1.165) is 37.7 Å². The molecule has 1 N–H and O–H groups in total. The van der Waals surface area contributed by atoms with Crippen LogP contribution in [0.1, 0.15) is 50.5 Å². The molecule has 0 spiro atoms. The maximum atomic E-state index is 11.8. The van der Waals surface area contributed by atoms with Gasteiger partial charge in [0.25, 0.3) is 0 Å². The molecule has 2 nitrogen and oxygen atoms in total. The Morgan fingerprint density at radius 1 is 0.964 bits per heavy atom. The van der Waals surface area contributed by atoms with Crippen LogP contribution in [0.4, 0.5) is 0 Å². The lowest BCUT2D eigenvalue weighted by Gasteiger charge is -2.04. The number of carbonyl (C=O) groups excluding carboxylic acids is 1. The van der Waals surface area contributed by atoms with Gasteiger partial charge >= 0.3 is 0 Å². The summed E-state index contributed by atoms with van der Waals surface area (Å²) in [5.74, 6) is 17.7. The quantitative estimate of drug-likeness (QED) is 0.402. The van der Waals surface area contributed by atoms with E-state index < -0.39 is 0 Å². The van der Waals surface area contributed by atoms with Crippen LogP contribution in [0.5, 0.6) is 0 Å². The molecular formula is C25H26BrNO. The number of halogens is 1. The number of unbranched alkanes of at least 4 members (excludes halogenated alkanes) is 4. The minimum atomic E-state index is 0.0661. The number of amides is 1. The number of hydrogen-bond acceptors (Lipinski definition) is 1. The lowest BCUT2D eigenvalue weighted by Crippen LogP contribution is -2.22. The van der Waals surface area contributed by atoms with E-state index in [9.17, 15) is 4.79 Å². The molecule has 0 fully saturated rings. The second-order valence-corrected chi connectivity index (χ2v) is 6.48. The van der Waals surface area contributed by atoms with Gasteiger partial charge in [0.1, 0.15) is 0 Å². The predicted octanol–water partition coefficient (Wildman–Crippen LogP) is 5.51. The first kappa shape index (κ1) is 23.4. The maximum Gasteiger partial charge on any atom is 0.220 e. The first-order chi connectivity index (χ1) is 13.8. The average molecular weight is 436 g/mol. The van der Waals surface area contributed by atoms with Gasteiger partial charge in [0.05, 0.1) is 0 Å². The molecule has 1 amide bonds. The van der Waals surface area contributed by atoms with Gasteiger partial charge < -0.3 is 5.32 Å². The molecule has 1 aromatic rings. The van der Waals surface area contributed by atoms with Gasteiger partial charge in [-0.05, 0) is 60.2 Å². The summed E-state index contributed by atoms with van der Waals surface area (Å²) in [5.41, 5.74) is 1.11. The third-order valence-electron chi connectivity index (χ3n) is 3.63. The molecule has 0 aromatic heterocycles. The zero-order valence-electron chi connectivity index (χ0n) is 16.1. The Hall–Kier alpha value is -2.67. The van der Waals surface area contributed by atoms with Crippen molar-refractivity contribution in [3.05, 3.63) is 59.1 Å². The summed E-state index contributed by atoms with van der Waals surface area (Å²) in [6.45, 7) is 0.578. The molecule has 0 saturated heterocycles. The lowest BCUT2D eigenvalue weighted by molar-refractivity contribution is -0.121. The zero-order valence-corrected chi connectivity index (χ0v) is 17.7. The third-order valence-corrected chi connectivity index (χ3v) is 3.90. The molecule has 0 aliphatic heterocycles. The summed E-state index contributed by atoms with van der Waals surface area (Å²) >= 11 is 3.16. The Kier molecular flexibility index (Phi) is 14.8. The van der Waals surface area contributed by atoms with E-state index in [4.69, 9.17) is 0 Å². The molecule has 1 aromatic carbocycles. The maximum absolute atomic E-state index is 11.8. The number of carbonyl (C=O) groups is 1. The van der Waals surface area contributed by atoms with Crippen LogP contribution < -0.4 is 5.32 Å². The van der Waals surface area contributed by atoms with Crippen molar-refractivity contribution in [2.45, 2.75) is 51.5 Å². The molecule has 0 saturated carbocycles. The van der Waals surface area contributed by atoms with E-state index in [2.05, 4.69) is 62.8 Å². The topological polar surface area (TPSA) is 29.1 Å². The zero-order chi connectivity index (χ0) is 20.1. The number of benzene rings is 1. The highest BCUT2D eigenvalue weighted by atomic mass is 79.9. The van der Waals surface area contributed by atoms with Crippen molar-refractivity contribution in [3.63, 3.8) is 0 Å². The molecule has 0 bridgehead atoms. The summed E-state index contributed by atoms with van der Waals surface area (Å²) in [5, 5.41) is 2.92. The Balaban J connectivity index is 2.00. The van der Waals surface area contributed by atoms with Gasteiger partial charge in [-0.25, -0.2) is 0 Å². The van der Waals surface area contributed by atoms with E-state index in [1.54, 1.807) is 11.1 Å². The van der Waals surface area contributed by atoms with E-state index in [-0.39, 0.29) is 5.91 Å². The smallest absolute Gasteiger partial charge is 0.220 e. The Morgan fingerprint density at radius 3 is 2.43 bits per heavy atom. The van der Waals surface area contributed by atoms with Crippen molar-refractivity contribution >= 4 is 21.8 Å². The van der Waals surface area contributed by atoms with Gasteiger partial charge in [-0.2, -0.15) is 0 Å². The standard InChI is InChI=1S/C25H26BrNO/c26-22-18-13-11-9-7-5-3-1-2-4-6-8-10-12-17-21-25(28)27-23-24-19-15-14-16-20-24/h7,9,14-16,18-20,22H,1-3,5,12,17,21,23H2,(H,27,28)/b9-7+,22-18+. The number of rotatable bonds is 9. The first-order valence-electron chi connectivity index (χ1n) is 9.50. The van der Waals surface area contributed by atoms with Crippen LogP contribution in [0.2, 0.25) is 0 Å². The summed E-state index contributed by atoms with van der Waals surface area (Å²) in [4.78, 5) is 13.5. The number of allylic oxidation sites excluding steroid dienone is 3. The minimum Gasteiger partial charge on any atom is -0.352 e. The Labute approximate surface area is 178 Å². The second kappa shape index (κ2) is 17.7. The van der Waals surface area contributed by atoms with Gasteiger partial charge in [0, 0.05) is 25.8 Å². The van der Waals surface area contributed by atoms with E-state index in [1.165, 1.54) is 0 Å². The highest BCUT2D eigenvalue weighted by Gasteiger charge is 1.99. The molecule has 1 rings (SSSR count). The van der Waals surface area contributed by atoms with E-state index >= 15 is 0 Å². The van der Waals surface area contributed by atoms with Crippen molar-refractivity contribution in [2.24, 2.45) is 0 Å². The van der Waals surface area contributed by atoms with Crippen LogP contribution >= 0.6 is 15.9 Å². The molecular weight excluding hydrogens is 410 g/mol. The summed E-state index contributed by atoms with van der Waals surface area (Å²) in [7, 11) is 0. The van der Waals surface area contributed by atoms with E-state index in [1.807, 2.05) is 36.4 Å². The number of nitrogens with one attached hydrogen (secondary N) is 1. The van der Waals surface area contributed by atoms with Gasteiger partial charge in [-0.3, -0.25) is 4.79 Å². The highest BCUT2D eigenvalue weighted by molar-refractivity contribution is 9.11. The van der Waals surface area contributed by atoms with Crippen LogP contribution in [-0.4, -0.2) is 5.91 Å². The molecule has 0 unspecified atom stereocenters. The van der Waals surface area contributed by atoms with Crippen molar-refractivity contribution < 1.29 is 4.79 Å². The molecule has 0 aliphatic rings. The molecule has 28 heavy (non-hydrogen) atoms. The fourth-order valence-corrected chi connectivity index (χ4v) is 2.31. The SMILES string of the molecule is O=C(CCCC#CC#CCCCC/C=C/C#C/C=C/Br)NCc1ccccc1. The normalized spacial score (nSPS) is 9.75. The second-order valence-electron chi connectivity index (χ2n) is 5.95. The van der Waals surface area contributed by atoms with Crippen LogP contribution in [0, 0.1) is 35.5 Å². The molecule has 0 aliphatic carbocycles. The van der Waals surface area contributed by atoms with Gasteiger partial charge in [-0.15, -0.1) is 0 Å². The van der Waals surface area contributed by atoms with Crippen molar-refractivity contribution in [3.8, 4) is 35.5 Å². The fourth-order valence-electron chi connectivity index (χ4n) is 2.18. The highest BCUT2D eigenvalue weighted by Crippen LogP contribution is 2.00. The van der Waals surface area contributed by atoms with E-state index in [0.29, 0.717) is 19.4 Å². The lowest BCUT2D eigenvalue weighted by atomic mass is 10.2. The molecule has 0 heterocycles. The minimum absolute atomic E-state index is 0.0661. The largest absolute Gasteiger partial charge is 0.352 e. The van der Waals surface area contributed by atoms with Crippen molar-refractivity contribution in [1.29, 1.82) is 0 Å². The Bertz CT molecular complexity index is 805. The van der Waals surface area contributed by atoms with Crippen LogP contribution in [-0.2, 0) is 11.3 Å². The molecule has 3 heteroatoms. The molecule has 0 radical (unpaired) electrons. The summed E-state index contributed by atoms with van der Waals surface area (Å²) < 4.78 is 0. The molecule has 144 valence electrons. The average Bonchev–Trinajstić information content (AvgIpc) is 2.72. The summed E-state index contributed by atoms with van der Waals surface area (Å²) in [6.07, 6.45) is 11.7. The monoisotopic (exact) mass is 435 g/mol. The van der Waals surface area contributed by atoms with Gasteiger partial charge in [0.15, 0.2) is 0 Å². The van der Waals surface area contributed by atoms with Crippen molar-refractivity contribution in [1.82, 2.24) is 5.32 Å². The van der Waals surface area contributed by atoms with Crippen LogP contribution in [0.3, 0.4) is 0 Å². The third kappa shape index (κ3) is 14.5. The fraction of sp³-hybridized carbons (Fsp3) is 0.320. The predicted molar refractivity (Wildman–Crippen MR) is 121 cm³/mol. The van der Waals surface area contributed by atoms with Crippen LogP contribution in [0.15, 0.2) is 53.5 Å². The summed E-state index contributed by atoms with van der Waals surface area (Å²) in [6, 6.07) is 9.91. The number of hydrogen-bond donors (Lipinski definition) is 1. The Morgan fingerprint density at radius 2 is 1.68 bits per heavy atom. The van der Waals surface area contributed by atoms with Gasteiger partial charge in [-0.1, -0.05) is 76.0 Å².